The van der Waals surface area contributed by atoms with E-state index in [0.29, 0.717) is 17.1 Å². The highest BCUT2D eigenvalue weighted by Gasteiger charge is 2.36. The van der Waals surface area contributed by atoms with Gasteiger partial charge in [-0.15, -0.1) is 0 Å². The number of rotatable bonds is 3. The van der Waals surface area contributed by atoms with Gasteiger partial charge in [0.25, 0.3) is 0 Å². The maximum absolute atomic E-state index is 12.9. The molecule has 7 nitrogen and oxygen atoms in total. The molecule has 4 fully saturated rings. The van der Waals surface area contributed by atoms with Crippen LogP contribution in [0.1, 0.15) is 25.7 Å². The fraction of sp³-hybridized carbons (Fsp3) is 0.600. The molecule has 2 bridgehead atoms. The summed E-state index contributed by atoms with van der Waals surface area (Å²) in [5.41, 5.74) is 1.95. The van der Waals surface area contributed by atoms with Gasteiger partial charge < -0.3 is 19.3 Å². The van der Waals surface area contributed by atoms with Crippen molar-refractivity contribution in [1.29, 1.82) is 0 Å². The van der Waals surface area contributed by atoms with Gasteiger partial charge in [-0.05, 0) is 43.7 Å². The second-order valence-corrected chi connectivity index (χ2v) is 8.84. The number of hydrogen-bond acceptors (Lipinski definition) is 6. The topological polar surface area (TPSA) is 66.9 Å². The summed E-state index contributed by atoms with van der Waals surface area (Å²) in [5.74, 6) is 1.40. The van der Waals surface area contributed by atoms with Crippen LogP contribution in [0.4, 0.5) is 15.6 Å². The summed E-state index contributed by atoms with van der Waals surface area (Å²) in [6, 6.07) is 4.42. The van der Waals surface area contributed by atoms with Crippen LogP contribution >= 0.6 is 11.3 Å². The smallest absolute Gasteiger partial charge is 0.323 e. The van der Waals surface area contributed by atoms with Crippen molar-refractivity contribution in [3.63, 3.8) is 0 Å². The summed E-state index contributed by atoms with van der Waals surface area (Å²) < 4.78 is 12.1. The Hall–Kier alpha value is -2.06. The fourth-order valence-electron chi connectivity index (χ4n) is 4.72. The molecular formula is C20H26N4O3S. The minimum Gasteiger partial charge on any atom is -0.494 e. The Morgan fingerprint density at radius 2 is 2.04 bits per heavy atom. The quantitative estimate of drug-likeness (QED) is 0.851. The van der Waals surface area contributed by atoms with E-state index in [4.69, 9.17) is 14.5 Å². The first-order valence-electron chi connectivity index (χ1n) is 10.1. The number of nitrogens with zero attached hydrogens (tertiary/aromatic N) is 3. The number of thiazole rings is 1. The number of amides is 2. The highest BCUT2D eigenvalue weighted by molar-refractivity contribution is 7.23. The molecule has 8 heteroatoms. The molecule has 1 aromatic carbocycles. The van der Waals surface area contributed by atoms with Crippen LogP contribution in [0.5, 0.6) is 5.75 Å². The largest absolute Gasteiger partial charge is 0.494 e. The van der Waals surface area contributed by atoms with Crippen molar-refractivity contribution in [3.8, 4) is 5.75 Å². The Bertz CT molecular complexity index is 872. The van der Waals surface area contributed by atoms with Gasteiger partial charge in [-0.3, -0.25) is 5.32 Å². The van der Waals surface area contributed by atoms with Crippen LogP contribution in [0.25, 0.3) is 10.2 Å². The number of benzene rings is 1. The molecule has 0 radical (unpaired) electrons. The van der Waals surface area contributed by atoms with Crippen LogP contribution in [0, 0.1) is 5.92 Å². The molecule has 1 N–H and O–H groups in total. The van der Waals surface area contributed by atoms with E-state index >= 15 is 0 Å². The van der Waals surface area contributed by atoms with Gasteiger partial charge in [0.2, 0.25) is 0 Å². The Morgan fingerprint density at radius 1 is 1.25 bits per heavy atom. The zero-order chi connectivity index (χ0) is 19.1. The Labute approximate surface area is 168 Å². The lowest BCUT2D eigenvalue weighted by molar-refractivity contribution is 0.0816. The summed E-state index contributed by atoms with van der Waals surface area (Å²) in [5, 5.41) is 3.70. The number of morpholine rings is 1. The molecule has 0 spiro atoms. The number of piperidine rings is 2. The Balaban J connectivity index is 1.42. The Morgan fingerprint density at radius 3 is 2.71 bits per heavy atom. The first-order chi connectivity index (χ1) is 13.7. The predicted octanol–water partition coefficient (Wildman–Crippen LogP) is 3.55. The normalized spacial score (nSPS) is 24.6. The molecule has 3 saturated heterocycles. The molecule has 2 amide bonds. The van der Waals surface area contributed by atoms with Gasteiger partial charge in [0.1, 0.15) is 11.3 Å². The number of urea groups is 1. The van der Waals surface area contributed by atoms with Gasteiger partial charge in [-0.25, -0.2) is 9.78 Å². The highest BCUT2D eigenvalue weighted by atomic mass is 32.1. The van der Waals surface area contributed by atoms with Gasteiger partial charge in [0, 0.05) is 25.7 Å². The second-order valence-electron chi connectivity index (χ2n) is 7.84. The molecule has 150 valence electrons. The number of fused-ring (bicyclic) bond motifs is 4. The number of methoxy groups -OCH3 is 1. The molecule has 4 heterocycles. The van der Waals surface area contributed by atoms with Crippen molar-refractivity contribution in [1.82, 2.24) is 9.88 Å². The van der Waals surface area contributed by atoms with Crippen molar-refractivity contribution in [2.45, 2.75) is 31.7 Å². The lowest BCUT2D eigenvalue weighted by Gasteiger charge is -2.44. The lowest BCUT2D eigenvalue weighted by Crippen LogP contribution is -2.52. The predicted molar refractivity (Wildman–Crippen MR) is 111 cm³/mol. The maximum Gasteiger partial charge on any atom is 0.323 e. The number of carbonyl (C=O) groups is 1. The van der Waals surface area contributed by atoms with Crippen LogP contribution in [-0.4, -0.2) is 61.9 Å². The molecule has 3 aliphatic heterocycles. The van der Waals surface area contributed by atoms with E-state index in [0.717, 1.165) is 67.3 Å². The summed E-state index contributed by atoms with van der Waals surface area (Å²) in [7, 11) is 1.66. The van der Waals surface area contributed by atoms with Gasteiger partial charge >= 0.3 is 6.03 Å². The van der Waals surface area contributed by atoms with Crippen LogP contribution in [0.3, 0.4) is 0 Å². The monoisotopic (exact) mass is 402 g/mol. The SMILES string of the molecule is COc1ccc(N2CCOCC2)c2sc(NC(=O)N3CC4CCC3CC4)nc12. The van der Waals surface area contributed by atoms with Crippen LogP contribution in [0.15, 0.2) is 12.1 Å². The maximum atomic E-state index is 12.9. The average Bonchev–Trinajstić information content (AvgIpc) is 3.18. The zero-order valence-electron chi connectivity index (χ0n) is 16.1. The van der Waals surface area contributed by atoms with E-state index in [-0.39, 0.29) is 6.03 Å². The van der Waals surface area contributed by atoms with Gasteiger partial charge in [0.05, 0.1) is 30.7 Å². The molecule has 1 aliphatic carbocycles. The third-order valence-corrected chi connectivity index (χ3v) is 7.24. The van der Waals surface area contributed by atoms with Crippen molar-refractivity contribution in [2.75, 3.05) is 50.2 Å². The number of nitrogens with one attached hydrogen (secondary N) is 1. The van der Waals surface area contributed by atoms with Crippen molar-refractivity contribution >= 4 is 38.4 Å². The zero-order valence-corrected chi connectivity index (χ0v) is 17.0. The Kier molecular flexibility index (Phi) is 4.76. The first kappa shape index (κ1) is 18.0. The number of ether oxygens (including phenoxy) is 2. The number of hydrogen-bond donors (Lipinski definition) is 1. The fourth-order valence-corrected chi connectivity index (χ4v) is 5.73. The van der Waals surface area contributed by atoms with Crippen molar-refractivity contribution in [2.24, 2.45) is 5.92 Å². The molecular weight excluding hydrogens is 376 g/mol. The molecule has 0 unspecified atom stereocenters. The standard InChI is InChI=1S/C20H26N4O3S/c1-26-16-7-6-15(23-8-10-27-11-9-23)18-17(16)21-19(28-18)22-20(25)24-12-13-2-4-14(24)5-3-13/h6-7,13-14H,2-5,8-12H2,1H3,(H,21,22,25). The van der Waals surface area contributed by atoms with Gasteiger partial charge in [0.15, 0.2) is 5.13 Å². The summed E-state index contributed by atoms with van der Waals surface area (Å²) in [6.07, 6.45) is 4.78. The summed E-state index contributed by atoms with van der Waals surface area (Å²) >= 11 is 1.53. The molecule has 2 aromatic rings. The van der Waals surface area contributed by atoms with E-state index in [1.807, 2.05) is 11.0 Å². The second kappa shape index (κ2) is 7.40. The molecule has 4 aliphatic rings. The third kappa shape index (κ3) is 3.18. The molecule has 28 heavy (non-hydrogen) atoms. The average molecular weight is 403 g/mol. The molecule has 6 rings (SSSR count). The van der Waals surface area contributed by atoms with Crippen LogP contribution in [-0.2, 0) is 4.74 Å². The molecule has 1 aromatic heterocycles. The van der Waals surface area contributed by atoms with Gasteiger partial charge in [-0.2, -0.15) is 0 Å². The van der Waals surface area contributed by atoms with E-state index in [1.165, 1.54) is 24.2 Å². The minimum atomic E-state index is -0.0136. The molecule has 1 saturated carbocycles. The summed E-state index contributed by atoms with van der Waals surface area (Å²) in [4.78, 5) is 21.9. The van der Waals surface area contributed by atoms with E-state index in [9.17, 15) is 4.79 Å². The number of anilines is 2. The molecule has 0 atom stereocenters. The van der Waals surface area contributed by atoms with Crippen molar-refractivity contribution in [3.05, 3.63) is 12.1 Å². The number of carbonyl (C=O) groups excluding carboxylic acids is 1. The van der Waals surface area contributed by atoms with Crippen LogP contribution < -0.4 is 15.0 Å². The van der Waals surface area contributed by atoms with E-state index < -0.39 is 0 Å². The van der Waals surface area contributed by atoms with E-state index in [2.05, 4.69) is 16.3 Å². The van der Waals surface area contributed by atoms with Crippen molar-refractivity contribution < 1.29 is 14.3 Å². The highest BCUT2D eigenvalue weighted by Crippen LogP contribution is 2.40. The third-order valence-electron chi connectivity index (χ3n) is 6.24. The van der Waals surface area contributed by atoms with Crippen LogP contribution in [0.2, 0.25) is 0 Å². The first-order valence-corrected chi connectivity index (χ1v) is 10.9. The van der Waals surface area contributed by atoms with E-state index in [1.54, 1.807) is 7.11 Å². The minimum absolute atomic E-state index is 0.0136. The number of aromatic nitrogens is 1. The van der Waals surface area contributed by atoms with Gasteiger partial charge in [-0.1, -0.05) is 11.3 Å². The lowest BCUT2D eigenvalue weighted by atomic mass is 9.80. The summed E-state index contributed by atoms with van der Waals surface area (Å²) in [6.45, 7) is 4.06.